The molecule has 18 heavy (non-hydrogen) atoms. The molecule has 0 unspecified atom stereocenters. The number of fused-ring (bicyclic) bond motifs is 1. The number of halogens is 1. The molecule has 0 N–H and O–H groups in total. The number of nitrogens with zero attached hydrogens (tertiary/aromatic N) is 3. The number of hydrogen-bond donors (Lipinski definition) is 0. The maximum Gasteiger partial charge on any atom is 0.154 e. The van der Waals surface area contributed by atoms with E-state index in [-0.39, 0.29) is 0 Å². The van der Waals surface area contributed by atoms with E-state index in [0.717, 1.165) is 23.7 Å². The van der Waals surface area contributed by atoms with E-state index in [2.05, 4.69) is 29.6 Å². The molecular formula is C12H18ClN3OSi. The summed E-state index contributed by atoms with van der Waals surface area (Å²) in [4.78, 5) is 8.34. The van der Waals surface area contributed by atoms with Gasteiger partial charge >= 0.3 is 0 Å². The van der Waals surface area contributed by atoms with Crippen LogP contribution in [0.1, 0.15) is 0 Å². The Morgan fingerprint density at radius 1 is 1.33 bits per heavy atom. The lowest BCUT2D eigenvalue weighted by molar-refractivity contribution is 0.0898. The third-order valence-corrected chi connectivity index (χ3v) is 4.69. The second-order valence-corrected chi connectivity index (χ2v) is 11.5. The molecule has 0 saturated carbocycles. The molecule has 2 aromatic rings. The molecule has 2 rings (SSSR count). The van der Waals surface area contributed by atoms with E-state index in [9.17, 15) is 0 Å². The average Bonchev–Trinajstić information content (AvgIpc) is 2.68. The summed E-state index contributed by atoms with van der Waals surface area (Å²) in [6, 6.07) is 3.01. The predicted octanol–water partition coefficient (Wildman–Crippen LogP) is 3.40. The van der Waals surface area contributed by atoms with Crippen LogP contribution in [-0.4, -0.2) is 29.2 Å². The Morgan fingerprint density at radius 2 is 2.11 bits per heavy atom. The summed E-state index contributed by atoms with van der Waals surface area (Å²) >= 11 is 6.07. The number of ether oxygens (including phenoxy) is 1. The van der Waals surface area contributed by atoms with Gasteiger partial charge in [-0.05, 0) is 12.1 Å². The largest absolute Gasteiger partial charge is 0.361 e. The van der Waals surface area contributed by atoms with E-state index in [1.165, 1.54) is 0 Å². The van der Waals surface area contributed by atoms with Crippen molar-refractivity contribution < 1.29 is 4.74 Å². The monoisotopic (exact) mass is 283 g/mol. The number of rotatable bonds is 5. The lowest BCUT2D eigenvalue weighted by Gasteiger charge is -2.15. The standard InChI is InChI=1S/C12H18ClN3OSi/c1-18(2,3)7-6-17-9-16-8-15-10-4-5-14-12(13)11(10)16/h4-5,8H,6-7,9H2,1-3H3. The van der Waals surface area contributed by atoms with Crippen LogP contribution in [0.4, 0.5) is 0 Å². The van der Waals surface area contributed by atoms with Crippen molar-refractivity contribution in [2.24, 2.45) is 0 Å². The van der Waals surface area contributed by atoms with Gasteiger partial charge in [0.2, 0.25) is 0 Å². The van der Waals surface area contributed by atoms with Crippen LogP contribution in [0.5, 0.6) is 0 Å². The van der Waals surface area contributed by atoms with Crippen molar-refractivity contribution in [1.82, 2.24) is 14.5 Å². The van der Waals surface area contributed by atoms with Crippen LogP contribution in [0, 0.1) is 0 Å². The van der Waals surface area contributed by atoms with Gasteiger partial charge in [0.05, 0.1) is 11.8 Å². The fourth-order valence-corrected chi connectivity index (χ4v) is 2.64. The summed E-state index contributed by atoms with van der Waals surface area (Å²) in [6.07, 6.45) is 3.40. The van der Waals surface area contributed by atoms with Gasteiger partial charge < -0.3 is 9.30 Å². The zero-order valence-electron chi connectivity index (χ0n) is 11.0. The van der Waals surface area contributed by atoms with Crippen LogP contribution in [0.2, 0.25) is 30.8 Å². The summed E-state index contributed by atoms with van der Waals surface area (Å²) in [5.41, 5.74) is 1.69. The molecule has 4 nitrogen and oxygen atoms in total. The van der Waals surface area contributed by atoms with E-state index in [0.29, 0.717) is 11.9 Å². The first kappa shape index (κ1) is 13.5. The highest BCUT2D eigenvalue weighted by Gasteiger charge is 2.12. The number of imidazole rings is 1. The first-order chi connectivity index (χ1) is 8.47. The van der Waals surface area contributed by atoms with Gasteiger partial charge in [0, 0.05) is 20.9 Å². The van der Waals surface area contributed by atoms with Crippen LogP contribution in [0.25, 0.3) is 11.0 Å². The van der Waals surface area contributed by atoms with E-state index in [4.69, 9.17) is 16.3 Å². The summed E-state index contributed by atoms with van der Waals surface area (Å²) in [6.45, 7) is 8.27. The summed E-state index contributed by atoms with van der Waals surface area (Å²) in [7, 11) is -1.03. The van der Waals surface area contributed by atoms with Crippen molar-refractivity contribution in [3.8, 4) is 0 Å². The van der Waals surface area contributed by atoms with Crippen LogP contribution < -0.4 is 0 Å². The van der Waals surface area contributed by atoms with Gasteiger partial charge in [-0.3, -0.25) is 0 Å². The zero-order chi connectivity index (χ0) is 13.2. The van der Waals surface area contributed by atoms with E-state index in [1.54, 1.807) is 12.5 Å². The molecule has 2 aromatic heterocycles. The molecule has 0 bridgehead atoms. The first-order valence-electron chi connectivity index (χ1n) is 6.00. The Balaban J connectivity index is 2.00. The van der Waals surface area contributed by atoms with Crippen molar-refractivity contribution in [3.05, 3.63) is 23.7 Å². The number of aromatic nitrogens is 3. The topological polar surface area (TPSA) is 39.9 Å². The Morgan fingerprint density at radius 3 is 2.83 bits per heavy atom. The maximum atomic E-state index is 6.07. The molecule has 98 valence electrons. The second-order valence-electron chi connectivity index (χ2n) is 5.53. The molecule has 0 saturated heterocycles. The van der Waals surface area contributed by atoms with Crippen molar-refractivity contribution in [2.45, 2.75) is 32.4 Å². The molecule has 0 atom stereocenters. The fraction of sp³-hybridized carbons (Fsp3) is 0.500. The molecular weight excluding hydrogens is 266 g/mol. The molecule has 0 aromatic carbocycles. The van der Waals surface area contributed by atoms with Gasteiger partial charge in [0.25, 0.3) is 0 Å². The minimum Gasteiger partial charge on any atom is -0.361 e. The van der Waals surface area contributed by atoms with Crippen LogP contribution in [0.3, 0.4) is 0 Å². The van der Waals surface area contributed by atoms with E-state index < -0.39 is 8.07 Å². The fourth-order valence-electron chi connectivity index (χ4n) is 1.62. The second kappa shape index (κ2) is 5.38. The number of pyridine rings is 1. The lowest BCUT2D eigenvalue weighted by Crippen LogP contribution is -2.22. The first-order valence-corrected chi connectivity index (χ1v) is 10.1. The molecule has 0 fully saturated rings. The molecule has 2 heterocycles. The molecule has 0 aliphatic rings. The average molecular weight is 284 g/mol. The molecule has 0 aliphatic heterocycles. The van der Waals surface area contributed by atoms with Gasteiger partial charge in [0.1, 0.15) is 12.2 Å². The highest BCUT2D eigenvalue weighted by Crippen LogP contribution is 2.20. The smallest absolute Gasteiger partial charge is 0.154 e. The van der Waals surface area contributed by atoms with Crippen molar-refractivity contribution in [2.75, 3.05) is 6.61 Å². The molecule has 0 spiro atoms. The molecule has 0 amide bonds. The van der Waals surface area contributed by atoms with Gasteiger partial charge in [-0.25, -0.2) is 9.97 Å². The quantitative estimate of drug-likeness (QED) is 0.480. The summed E-state index contributed by atoms with van der Waals surface area (Å²) in [5, 5.41) is 0.471. The Labute approximate surface area is 113 Å². The minimum absolute atomic E-state index is 0.471. The summed E-state index contributed by atoms with van der Waals surface area (Å²) in [5.74, 6) is 0. The molecule has 6 heteroatoms. The third-order valence-electron chi connectivity index (χ3n) is 2.71. The SMILES string of the molecule is C[Si](C)(C)CCOCn1cnc2ccnc(Cl)c21. The van der Waals surface area contributed by atoms with Crippen LogP contribution >= 0.6 is 11.6 Å². The van der Waals surface area contributed by atoms with Gasteiger partial charge in [-0.1, -0.05) is 31.2 Å². The highest BCUT2D eigenvalue weighted by molar-refractivity contribution is 6.76. The minimum atomic E-state index is -1.03. The van der Waals surface area contributed by atoms with E-state index in [1.807, 2.05) is 10.6 Å². The molecule has 0 aliphatic carbocycles. The van der Waals surface area contributed by atoms with Crippen molar-refractivity contribution in [3.63, 3.8) is 0 Å². The Hall–Kier alpha value is -0.913. The normalized spacial score (nSPS) is 12.2. The van der Waals surface area contributed by atoms with E-state index >= 15 is 0 Å². The van der Waals surface area contributed by atoms with Crippen LogP contribution in [-0.2, 0) is 11.5 Å². The summed E-state index contributed by atoms with van der Waals surface area (Å²) < 4.78 is 7.59. The van der Waals surface area contributed by atoms with Crippen molar-refractivity contribution in [1.29, 1.82) is 0 Å². The van der Waals surface area contributed by atoms with Gasteiger partial charge in [-0.15, -0.1) is 0 Å². The third kappa shape index (κ3) is 3.31. The number of hydrogen-bond acceptors (Lipinski definition) is 3. The highest BCUT2D eigenvalue weighted by atomic mass is 35.5. The van der Waals surface area contributed by atoms with Crippen LogP contribution in [0.15, 0.2) is 18.6 Å². The van der Waals surface area contributed by atoms with Gasteiger partial charge in [-0.2, -0.15) is 0 Å². The maximum absolute atomic E-state index is 6.07. The Bertz CT molecular complexity index is 536. The molecule has 0 radical (unpaired) electrons. The van der Waals surface area contributed by atoms with Crippen molar-refractivity contribution >= 4 is 30.7 Å². The Kier molecular flexibility index (Phi) is 4.04. The lowest BCUT2D eigenvalue weighted by atomic mass is 10.4. The van der Waals surface area contributed by atoms with Gasteiger partial charge in [0.15, 0.2) is 5.15 Å². The zero-order valence-corrected chi connectivity index (χ0v) is 12.7. The predicted molar refractivity (Wildman–Crippen MR) is 76.6 cm³/mol.